The van der Waals surface area contributed by atoms with Crippen molar-refractivity contribution in [1.29, 1.82) is 0 Å². The Labute approximate surface area is 120 Å². The van der Waals surface area contributed by atoms with E-state index in [1.165, 1.54) is 6.07 Å². The van der Waals surface area contributed by atoms with Gasteiger partial charge in [-0.15, -0.1) is 0 Å². The number of benzene rings is 1. The Kier molecular flexibility index (Phi) is 6.43. The van der Waals surface area contributed by atoms with Gasteiger partial charge in [-0.2, -0.15) is 0 Å². The highest BCUT2D eigenvalue weighted by molar-refractivity contribution is 5.19. The van der Waals surface area contributed by atoms with E-state index in [0.29, 0.717) is 6.54 Å². The Morgan fingerprint density at radius 2 is 2.20 bits per heavy atom. The zero-order chi connectivity index (χ0) is 14.2. The lowest BCUT2D eigenvalue weighted by Crippen LogP contribution is -2.30. The average molecular weight is 281 g/mol. The highest BCUT2D eigenvalue weighted by Gasteiger charge is 2.21. The van der Waals surface area contributed by atoms with Gasteiger partial charge < -0.3 is 14.8 Å². The van der Waals surface area contributed by atoms with Crippen LogP contribution in [0.25, 0.3) is 0 Å². The predicted molar refractivity (Wildman–Crippen MR) is 77.2 cm³/mol. The molecule has 0 aliphatic carbocycles. The van der Waals surface area contributed by atoms with Crippen LogP contribution >= 0.6 is 0 Å². The maximum atomic E-state index is 13.4. The van der Waals surface area contributed by atoms with E-state index in [0.717, 1.165) is 44.6 Å². The second-order valence-corrected chi connectivity index (χ2v) is 5.20. The molecule has 0 saturated carbocycles. The van der Waals surface area contributed by atoms with Crippen molar-refractivity contribution in [3.05, 3.63) is 35.6 Å². The summed E-state index contributed by atoms with van der Waals surface area (Å²) in [5, 5.41) is 3.36. The molecule has 1 saturated heterocycles. The van der Waals surface area contributed by atoms with E-state index < -0.39 is 0 Å². The fourth-order valence-corrected chi connectivity index (χ4v) is 2.41. The van der Waals surface area contributed by atoms with Crippen molar-refractivity contribution < 1.29 is 13.9 Å². The molecule has 112 valence electrons. The van der Waals surface area contributed by atoms with Crippen LogP contribution < -0.4 is 5.32 Å². The second-order valence-electron chi connectivity index (χ2n) is 5.20. The molecule has 1 aliphatic rings. The summed E-state index contributed by atoms with van der Waals surface area (Å²) in [5.41, 5.74) is 0.903. The molecule has 0 amide bonds. The van der Waals surface area contributed by atoms with E-state index in [1.54, 1.807) is 12.1 Å². The van der Waals surface area contributed by atoms with Gasteiger partial charge in [0.15, 0.2) is 0 Å². The van der Waals surface area contributed by atoms with Crippen molar-refractivity contribution in [2.45, 2.75) is 38.4 Å². The van der Waals surface area contributed by atoms with Gasteiger partial charge in [0.25, 0.3) is 0 Å². The molecule has 4 heteroatoms. The third-order valence-electron chi connectivity index (χ3n) is 3.50. The quantitative estimate of drug-likeness (QED) is 0.779. The van der Waals surface area contributed by atoms with Crippen LogP contribution in [0.3, 0.4) is 0 Å². The lowest BCUT2D eigenvalue weighted by molar-refractivity contribution is -0.0689. The zero-order valence-corrected chi connectivity index (χ0v) is 12.1. The van der Waals surface area contributed by atoms with Crippen molar-refractivity contribution >= 4 is 0 Å². The normalized spacial score (nSPS) is 18.1. The first-order valence-corrected chi connectivity index (χ1v) is 7.49. The Bertz CT molecular complexity index is 394. The zero-order valence-electron chi connectivity index (χ0n) is 12.1. The van der Waals surface area contributed by atoms with Crippen LogP contribution in [0.4, 0.5) is 4.39 Å². The van der Waals surface area contributed by atoms with Crippen molar-refractivity contribution in [3.8, 4) is 0 Å². The minimum absolute atomic E-state index is 0.0969. The molecular weight excluding hydrogens is 257 g/mol. The van der Waals surface area contributed by atoms with E-state index in [-0.39, 0.29) is 18.0 Å². The van der Waals surface area contributed by atoms with Crippen molar-refractivity contribution in [1.82, 2.24) is 5.32 Å². The Morgan fingerprint density at radius 1 is 1.40 bits per heavy atom. The van der Waals surface area contributed by atoms with Crippen molar-refractivity contribution in [2.24, 2.45) is 0 Å². The van der Waals surface area contributed by atoms with Gasteiger partial charge in [0, 0.05) is 19.8 Å². The fourth-order valence-electron chi connectivity index (χ4n) is 2.41. The maximum absolute atomic E-state index is 13.4. The van der Waals surface area contributed by atoms with E-state index in [9.17, 15) is 4.39 Å². The Hall–Kier alpha value is -0.970. The SMILES string of the molecule is CCCNCC(OC1CCOCC1)c1cccc(F)c1. The molecule has 0 bridgehead atoms. The number of ether oxygens (including phenoxy) is 2. The number of nitrogens with one attached hydrogen (secondary N) is 1. The molecule has 1 atom stereocenters. The fraction of sp³-hybridized carbons (Fsp3) is 0.625. The summed E-state index contributed by atoms with van der Waals surface area (Å²) in [7, 11) is 0. The molecule has 1 aromatic rings. The molecule has 2 rings (SSSR count). The van der Waals surface area contributed by atoms with Gasteiger partial charge >= 0.3 is 0 Å². The average Bonchev–Trinajstić information content (AvgIpc) is 2.47. The van der Waals surface area contributed by atoms with Crippen molar-refractivity contribution in [2.75, 3.05) is 26.3 Å². The van der Waals surface area contributed by atoms with Gasteiger partial charge in [0.2, 0.25) is 0 Å². The molecule has 0 radical (unpaired) electrons. The molecule has 0 spiro atoms. The minimum atomic E-state index is -0.210. The van der Waals surface area contributed by atoms with Gasteiger partial charge in [-0.3, -0.25) is 0 Å². The van der Waals surface area contributed by atoms with Crippen LogP contribution in [0.1, 0.15) is 37.9 Å². The standard InChI is InChI=1S/C16H24FNO2/c1-2-8-18-12-16(13-4-3-5-14(17)11-13)20-15-6-9-19-10-7-15/h3-5,11,15-16,18H,2,6-10,12H2,1H3. The van der Waals surface area contributed by atoms with E-state index in [4.69, 9.17) is 9.47 Å². The third kappa shape index (κ3) is 4.85. The minimum Gasteiger partial charge on any atom is -0.381 e. The number of hydrogen-bond donors (Lipinski definition) is 1. The van der Waals surface area contributed by atoms with Gasteiger partial charge in [0.1, 0.15) is 5.82 Å². The molecule has 1 aromatic carbocycles. The van der Waals surface area contributed by atoms with Gasteiger partial charge in [0.05, 0.1) is 12.2 Å². The van der Waals surface area contributed by atoms with Crippen LogP contribution in [0.2, 0.25) is 0 Å². The van der Waals surface area contributed by atoms with Crippen LogP contribution in [-0.4, -0.2) is 32.4 Å². The highest BCUT2D eigenvalue weighted by Crippen LogP contribution is 2.23. The summed E-state index contributed by atoms with van der Waals surface area (Å²) in [6, 6.07) is 6.71. The van der Waals surface area contributed by atoms with E-state index >= 15 is 0 Å². The van der Waals surface area contributed by atoms with E-state index in [2.05, 4.69) is 12.2 Å². The maximum Gasteiger partial charge on any atom is 0.123 e. The molecule has 1 aliphatic heterocycles. The number of rotatable bonds is 7. The van der Waals surface area contributed by atoms with Gasteiger partial charge in [-0.05, 0) is 43.5 Å². The van der Waals surface area contributed by atoms with Crippen LogP contribution in [0, 0.1) is 5.82 Å². The van der Waals surface area contributed by atoms with Gasteiger partial charge in [-0.25, -0.2) is 4.39 Å². The first-order chi connectivity index (χ1) is 9.79. The topological polar surface area (TPSA) is 30.5 Å². The molecule has 0 aromatic heterocycles. The third-order valence-corrected chi connectivity index (χ3v) is 3.50. The second kappa shape index (κ2) is 8.35. The largest absolute Gasteiger partial charge is 0.381 e. The highest BCUT2D eigenvalue weighted by atomic mass is 19.1. The summed E-state index contributed by atoms with van der Waals surface area (Å²) in [6.45, 7) is 5.30. The lowest BCUT2D eigenvalue weighted by Gasteiger charge is -2.28. The number of halogens is 1. The summed E-state index contributed by atoms with van der Waals surface area (Å²) >= 11 is 0. The molecule has 1 N–H and O–H groups in total. The van der Waals surface area contributed by atoms with Gasteiger partial charge in [-0.1, -0.05) is 19.1 Å². The van der Waals surface area contributed by atoms with E-state index in [1.807, 2.05) is 6.07 Å². The van der Waals surface area contributed by atoms with Crippen molar-refractivity contribution in [3.63, 3.8) is 0 Å². The Morgan fingerprint density at radius 3 is 2.90 bits per heavy atom. The molecule has 1 heterocycles. The Balaban J connectivity index is 1.99. The smallest absolute Gasteiger partial charge is 0.123 e. The van der Waals surface area contributed by atoms with Crippen LogP contribution in [0.15, 0.2) is 24.3 Å². The molecule has 20 heavy (non-hydrogen) atoms. The summed E-state index contributed by atoms with van der Waals surface area (Å²) in [6.07, 6.45) is 3.02. The lowest BCUT2D eigenvalue weighted by atomic mass is 10.1. The summed E-state index contributed by atoms with van der Waals surface area (Å²) in [5.74, 6) is -0.210. The first kappa shape index (κ1) is 15.4. The molecule has 3 nitrogen and oxygen atoms in total. The van der Waals surface area contributed by atoms with Crippen LogP contribution in [0.5, 0.6) is 0 Å². The first-order valence-electron chi connectivity index (χ1n) is 7.49. The summed E-state index contributed by atoms with van der Waals surface area (Å²) in [4.78, 5) is 0. The molecule has 1 unspecified atom stereocenters. The summed E-state index contributed by atoms with van der Waals surface area (Å²) < 4.78 is 24.9. The predicted octanol–water partition coefficient (Wildman–Crippen LogP) is 3.06. The number of hydrogen-bond acceptors (Lipinski definition) is 3. The molecular formula is C16H24FNO2. The molecule has 1 fully saturated rings. The monoisotopic (exact) mass is 281 g/mol. The van der Waals surface area contributed by atoms with Crippen LogP contribution in [-0.2, 0) is 9.47 Å².